The van der Waals surface area contributed by atoms with E-state index >= 15 is 0 Å². The second-order valence-corrected chi connectivity index (χ2v) is 11.2. The molecule has 2 aliphatic heterocycles. The Hall–Kier alpha value is -3.15. The lowest BCUT2D eigenvalue weighted by molar-refractivity contribution is -0.329. The highest BCUT2D eigenvalue weighted by Gasteiger charge is 2.52. The average Bonchev–Trinajstić information content (AvgIpc) is 2.94. The number of nitrogens with one attached hydrogen (secondary N) is 2. The van der Waals surface area contributed by atoms with Crippen molar-refractivity contribution in [1.29, 1.82) is 0 Å². The number of rotatable bonds is 10. The first-order valence-electron chi connectivity index (χ1n) is 14.3. The van der Waals surface area contributed by atoms with Gasteiger partial charge in [-0.2, -0.15) is 0 Å². The van der Waals surface area contributed by atoms with Crippen LogP contribution in [0.5, 0.6) is 5.75 Å². The van der Waals surface area contributed by atoms with E-state index in [4.69, 9.17) is 28.1 Å². The first-order chi connectivity index (χ1) is 20.8. The first kappa shape index (κ1) is 33.7. The maximum absolute atomic E-state index is 12.2. The zero-order chi connectivity index (χ0) is 32.3. The van der Waals surface area contributed by atoms with Gasteiger partial charge in [-0.05, 0) is 38.5 Å². The van der Waals surface area contributed by atoms with Gasteiger partial charge in [0, 0.05) is 31.4 Å². The van der Waals surface area contributed by atoms with Crippen LogP contribution in [0.2, 0.25) is 0 Å². The van der Waals surface area contributed by atoms with Crippen LogP contribution in [-0.2, 0) is 28.5 Å². The summed E-state index contributed by atoms with van der Waals surface area (Å²) in [6.45, 7) is 6.42. The standard InChI is InChI=1S/C29H40N2O13/c1-12(2)39-26-19(10-32)43-29(23(24(26)37)31-15(5)35)44-27-20(11-33)42-28(22(25(27)38)30-14(4)34)40-16-6-7-17-13(3)8-21(36)41-18(17)9-16/h6-9,12,19-20,22-29,32-33,37-38H,10-11H2,1-5H3,(H,30,34)(H,31,35)/t19-,20-,22-,23-,24-,25-,26-,27-,28-,29+/m1/s1. The third kappa shape index (κ3) is 7.55. The van der Waals surface area contributed by atoms with E-state index in [1.165, 1.54) is 26.0 Å². The van der Waals surface area contributed by atoms with E-state index in [-0.39, 0.29) is 17.4 Å². The highest BCUT2D eigenvalue weighted by atomic mass is 16.7. The number of benzene rings is 1. The Labute approximate surface area is 253 Å². The van der Waals surface area contributed by atoms with Gasteiger partial charge in [-0.25, -0.2) is 4.79 Å². The van der Waals surface area contributed by atoms with Gasteiger partial charge >= 0.3 is 5.63 Å². The number of hydrogen-bond donors (Lipinski definition) is 6. The highest BCUT2D eigenvalue weighted by Crippen LogP contribution is 2.32. The lowest BCUT2D eigenvalue weighted by atomic mass is 9.94. The maximum atomic E-state index is 12.2. The molecule has 0 radical (unpaired) electrons. The van der Waals surface area contributed by atoms with Crippen molar-refractivity contribution >= 4 is 22.8 Å². The van der Waals surface area contributed by atoms with E-state index in [0.717, 1.165) is 0 Å². The smallest absolute Gasteiger partial charge is 0.336 e. The Morgan fingerprint density at radius 3 is 2.07 bits per heavy atom. The molecule has 0 spiro atoms. The summed E-state index contributed by atoms with van der Waals surface area (Å²) in [5.74, 6) is -0.884. The van der Waals surface area contributed by atoms with Gasteiger partial charge in [0.25, 0.3) is 0 Å². The van der Waals surface area contributed by atoms with E-state index in [0.29, 0.717) is 10.9 Å². The zero-order valence-corrected chi connectivity index (χ0v) is 25.0. The van der Waals surface area contributed by atoms with E-state index < -0.39 is 91.9 Å². The molecule has 1 aromatic heterocycles. The Morgan fingerprint density at radius 2 is 1.48 bits per heavy atom. The summed E-state index contributed by atoms with van der Waals surface area (Å²) in [6, 6.07) is 3.61. The molecule has 1 aromatic carbocycles. The molecule has 4 rings (SSSR count). The molecule has 0 unspecified atom stereocenters. The fourth-order valence-electron chi connectivity index (χ4n) is 5.45. The first-order valence-corrected chi connectivity index (χ1v) is 14.3. The van der Waals surface area contributed by atoms with Crippen LogP contribution in [0.3, 0.4) is 0 Å². The van der Waals surface area contributed by atoms with Crippen molar-refractivity contribution < 1.29 is 58.1 Å². The number of ether oxygens (including phenoxy) is 5. The van der Waals surface area contributed by atoms with E-state index in [9.17, 15) is 34.8 Å². The predicted molar refractivity (Wildman–Crippen MR) is 151 cm³/mol. The van der Waals surface area contributed by atoms with Gasteiger partial charge in [-0.1, -0.05) is 0 Å². The molecule has 15 heteroatoms. The molecule has 44 heavy (non-hydrogen) atoms. The largest absolute Gasteiger partial charge is 0.462 e. The normalized spacial score (nSPS) is 32.4. The molecule has 244 valence electrons. The Morgan fingerprint density at radius 1 is 0.909 bits per heavy atom. The van der Waals surface area contributed by atoms with E-state index in [2.05, 4.69) is 10.6 Å². The molecule has 0 bridgehead atoms. The van der Waals surface area contributed by atoms with Crippen LogP contribution in [0.4, 0.5) is 0 Å². The Bertz CT molecular complexity index is 1370. The molecule has 2 aliphatic rings. The maximum Gasteiger partial charge on any atom is 0.336 e. The highest BCUT2D eigenvalue weighted by molar-refractivity contribution is 5.81. The van der Waals surface area contributed by atoms with Crippen LogP contribution in [0.15, 0.2) is 33.5 Å². The molecule has 10 atom stereocenters. The second-order valence-electron chi connectivity index (χ2n) is 11.2. The van der Waals surface area contributed by atoms with Crippen LogP contribution in [-0.4, -0.2) is 113 Å². The number of aryl methyl sites for hydroxylation is 1. The predicted octanol–water partition coefficient (Wildman–Crippen LogP) is -1.18. The third-order valence-corrected chi connectivity index (χ3v) is 7.34. The monoisotopic (exact) mass is 624 g/mol. The number of aliphatic hydroxyl groups excluding tert-OH is 4. The number of amides is 2. The van der Waals surface area contributed by atoms with Crippen LogP contribution in [0.1, 0.15) is 33.3 Å². The van der Waals surface area contributed by atoms with Crippen molar-refractivity contribution in [3.8, 4) is 5.75 Å². The van der Waals surface area contributed by atoms with Gasteiger partial charge in [0.05, 0.1) is 19.3 Å². The molecular formula is C29H40N2O13. The lowest BCUT2D eigenvalue weighted by Crippen LogP contribution is -2.70. The summed E-state index contributed by atoms with van der Waals surface area (Å²) in [6.07, 6.45) is -10.9. The van der Waals surface area contributed by atoms with Crippen LogP contribution < -0.4 is 21.0 Å². The fourth-order valence-corrected chi connectivity index (χ4v) is 5.45. The fraction of sp³-hybridized carbons (Fsp3) is 0.621. The molecule has 2 aromatic rings. The van der Waals surface area contributed by atoms with Gasteiger partial charge in [-0.3, -0.25) is 9.59 Å². The summed E-state index contributed by atoms with van der Waals surface area (Å²) in [5, 5.41) is 48.7. The summed E-state index contributed by atoms with van der Waals surface area (Å²) in [7, 11) is 0. The summed E-state index contributed by atoms with van der Waals surface area (Å²) in [4.78, 5) is 36.1. The molecule has 2 amide bonds. The van der Waals surface area contributed by atoms with E-state index in [1.807, 2.05) is 0 Å². The van der Waals surface area contributed by atoms with Gasteiger partial charge in [-0.15, -0.1) is 0 Å². The summed E-state index contributed by atoms with van der Waals surface area (Å²) < 4.78 is 34.9. The van der Waals surface area contributed by atoms with Crippen LogP contribution in [0, 0.1) is 6.92 Å². The van der Waals surface area contributed by atoms with Crippen LogP contribution in [0.25, 0.3) is 11.0 Å². The molecule has 6 N–H and O–H groups in total. The zero-order valence-electron chi connectivity index (χ0n) is 25.0. The van der Waals surface area contributed by atoms with Crippen molar-refractivity contribution in [2.75, 3.05) is 13.2 Å². The quantitative estimate of drug-likeness (QED) is 0.172. The lowest BCUT2D eigenvalue weighted by Gasteiger charge is -2.48. The van der Waals surface area contributed by atoms with Gasteiger partial charge in [0.15, 0.2) is 6.29 Å². The molecule has 0 saturated carbocycles. The minimum absolute atomic E-state index is 0.182. The summed E-state index contributed by atoms with van der Waals surface area (Å²) in [5.41, 5.74) is 0.392. The number of carbonyl (C=O) groups excluding carboxylic acids is 2. The Kier molecular flexibility index (Phi) is 11.0. The SMILES string of the molecule is CC(=O)N[C@H]1[C@H](O[C@H]2[C@H](O)[C@@H](NC(C)=O)[C@H](Oc3ccc4c(C)cc(=O)oc4c3)O[C@@H]2CO)O[C@H](CO)[C@@H](OC(C)C)[C@@H]1O. The van der Waals surface area contributed by atoms with Crippen molar-refractivity contribution in [3.05, 3.63) is 40.2 Å². The molecule has 15 nitrogen and oxygen atoms in total. The summed E-state index contributed by atoms with van der Waals surface area (Å²) >= 11 is 0. The average molecular weight is 625 g/mol. The van der Waals surface area contributed by atoms with Crippen molar-refractivity contribution in [2.45, 2.75) is 102 Å². The van der Waals surface area contributed by atoms with Crippen LogP contribution >= 0.6 is 0 Å². The minimum atomic E-state index is -1.58. The van der Waals surface area contributed by atoms with Crippen molar-refractivity contribution in [3.63, 3.8) is 0 Å². The topological polar surface area (TPSA) is 215 Å². The molecule has 2 fully saturated rings. The number of aliphatic hydroxyl groups is 4. The van der Waals surface area contributed by atoms with Crippen molar-refractivity contribution in [2.24, 2.45) is 0 Å². The number of carbonyl (C=O) groups is 2. The number of hydrogen-bond acceptors (Lipinski definition) is 13. The Balaban J connectivity index is 1.61. The second kappa shape index (κ2) is 14.3. The van der Waals surface area contributed by atoms with E-state index in [1.54, 1.807) is 32.9 Å². The van der Waals surface area contributed by atoms with Gasteiger partial charge in [0.2, 0.25) is 18.1 Å². The van der Waals surface area contributed by atoms with Gasteiger partial charge < -0.3 is 59.2 Å². The van der Waals surface area contributed by atoms with Gasteiger partial charge in [0.1, 0.15) is 60.0 Å². The minimum Gasteiger partial charge on any atom is -0.462 e. The number of fused-ring (bicyclic) bond motifs is 1. The van der Waals surface area contributed by atoms with Crippen molar-refractivity contribution in [1.82, 2.24) is 10.6 Å². The molecular weight excluding hydrogens is 584 g/mol. The molecule has 2 saturated heterocycles. The third-order valence-electron chi connectivity index (χ3n) is 7.34. The molecule has 3 heterocycles. The molecule has 0 aliphatic carbocycles.